The van der Waals surface area contributed by atoms with E-state index in [1.54, 1.807) is 0 Å². The molecular formula is C8H11ClN2. The highest BCUT2D eigenvalue weighted by Crippen LogP contribution is 2.26. The van der Waals surface area contributed by atoms with Crippen molar-refractivity contribution in [2.24, 2.45) is 0 Å². The number of nitrogens with one attached hydrogen (secondary N) is 1. The van der Waals surface area contributed by atoms with Crippen molar-refractivity contribution >= 4 is 23.8 Å². The van der Waals surface area contributed by atoms with Crippen LogP contribution in [0.5, 0.6) is 0 Å². The van der Waals surface area contributed by atoms with Crippen molar-refractivity contribution in [2.45, 2.75) is 6.42 Å². The lowest BCUT2D eigenvalue weighted by Crippen LogP contribution is -1.90. The molecule has 0 aliphatic carbocycles. The van der Waals surface area contributed by atoms with Crippen LogP contribution in [-0.4, -0.2) is 6.54 Å². The molecule has 1 aliphatic rings. The quantitative estimate of drug-likeness (QED) is 0.582. The largest absolute Gasteiger partial charge is 0.398 e. The lowest BCUT2D eigenvalue weighted by molar-refractivity contribution is 1.11. The standard InChI is InChI=1S/C8H10N2.ClH/c9-7-2-1-3-8-6(7)4-5-10-8;/h1-3,10H,4-5,9H2;1H. The van der Waals surface area contributed by atoms with E-state index in [1.807, 2.05) is 12.1 Å². The Morgan fingerprint density at radius 3 is 2.91 bits per heavy atom. The van der Waals surface area contributed by atoms with Crippen molar-refractivity contribution in [2.75, 3.05) is 17.6 Å². The summed E-state index contributed by atoms with van der Waals surface area (Å²) < 4.78 is 0. The lowest BCUT2D eigenvalue weighted by Gasteiger charge is -2.00. The Morgan fingerprint density at radius 2 is 2.18 bits per heavy atom. The highest BCUT2D eigenvalue weighted by Gasteiger charge is 2.10. The maximum atomic E-state index is 5.73. The van der Waals surface area contributed by atoms with Gasteiger partial charge in [0.25, 0.3) is 0 Å². The van der Waals surface area contributed by atoms with Gasteiger partial charge in [0, 0.05) is 17.9 Å². The third-order valence-corrected chi connectivity index (χ3v) is 1.90. The van der Waals surface area contributed by atoms with Crippen LogP contribution in [0, 0.1) is 0 Å². The van der Waals surface area contributed by atoms with Crippen LogP contribution in [0.25, 0.3) is 0 Å². The van der Waals surface area contributed by atoms with Gasteiger partial charge < -0.3 is 11.1 Å². The van der Waals surface area contributed by atoms with Crippen molar-refractivity contribution in [3.8, 4) is 0 Å². The molecule has 0 amide bonds. The predicted molar refractivity (Wildman–Crippen MR) is 50.3 cm³/mol. The second-order valence-electron chi connectivity index (χ2n) is 2.55. The second-order valence-corrected chi connectivity index (χ2v) is 2.55. The maximum Gasteiger partial charge on any atom is 0.0394 e. The van der Waals surface area contributed by atoms with Gasteiger partial charge >= 0.3 is 0 Å². The van der Waals surface area contributed by atoms with Gasteiger partial charge in [-0.2, -0.15) is 0 Å². The molecule has 0 fully saturated rings. The van der Waals surface area contributed by atoms with Crippen LogP contribution in [0.1, 0.15) is 5.56 Å². The van der Waals surface area contributed by atoms with E-state index in [0.717, 1.165) is 18.7 Å². The second kappa shape index (κ2) is 3.01. The minimum atomic E-state index is 0. The third-order valence-electron chi connectivity index (χ3n) is 1.90. The zero-order chi connectivity index (χ0) is 6.97. The molecule has 0 saturated heterocycles. The van der Waals surface area contributed by atoms with Crippen molar-refractivity contribution < 1.29 is 0 Å². The van der Waals surface area contributed by atoms with Gasteiger partial charge in [0.15, 0.2) is 0 Å². The number of anilines is 2. The van der Waals surface area contributed by atoms with Crippen molar-refractivity contribution in [1.82, 2.24) is 0 Å². The molecule has 0 bridgehead atoms. The van der Waals surface area contributed by atoms with Gasteiger partial charge in [-0.3, -0.25) is 0 Å². The zero-order valence-corrected chi connectivity index (χ0v) is 6.95. The Morgan fingerprint density at radius 1 is 1.36 bits per heavy atom. The van der Waals surface area contributed by atoms with Crippen LogP contribution in [0.2, 0.25) is 0 Å². The highest BCUT2D eigenvalue weighted by atomic mass is 35.5. The molecule has 0 radical (unpaired) electrons. The molecule has 1 heterocycles. The van der Waals surface area contributed by atoms with Crippen LogP contribution in [0.3, 0.4) is 0 Å². The van der Waals surface area contributed by atoms with E-state index in [0.29, 0.717) is 0 Å². The van der Waals surface area contributed by atoms with E-state index in [-0.39, 0.29) is 12.4 Å². The van der Waals surface area contributed by atoms with Gasteiger partial charge in [0.1, 0.15) is 0 Å². The first-order chi connectivity index (χ1) is 4.88. The first kappa shape index (κ1) is 8.21. The van der Waals surface area contributed by atoms with E-state index in [4.69, 9.17) is 5.73 Å². The molecule has 60 valence electrons. The summed E-state index contributed by atoms with van der Waals surface area (Å²) in [5.74, 6) is 0. The van der Waals surface area contributed by atoms with Gasteiger partial charge in [-0.05, 0) is 24.1 Å². The van der Waals surface area contributed by atoms with Crippen LogP contribution >= 0.6 is 12.4 Å². The van der Waals surface area contributed by atoms with Crippen LogP contribution in [-0.2, 0) is 6.42 Å². The molecule has 1 aromatic carbocycles. The van der Waals surface area contributed by atoms with Gasteiger partial charge in [-0.1, -0.05) is 6.07 Å². The fourth-order valence-electron chi connectivity index (χ4n) is 1.37. The SMILES string of the molecule is Cl.Nc1cccc2c1CCN2. The number of hydrogen-bond donors (Lipinski definition) is 2. The van der Waals surface area contributed by atoms with Crippen molar-refractivity contribution in [3.63, 3.8) is 0 Å². The van der Waals surface area contributed by atoms with Crippen molar-refractivity contribution in [3.05, 3.63) is 23.8 Å². The Balaban J connectivity index is 0.000000605. The minimum Gasteiger partial charge on any atom is -0.398 e. The summed E-state index contributed by atoms with van der Waals surface area (Å²) in [7, 11) is 0. The normalized spacial score (nSPS) is 13.1. The van der Waals surface area contributed by atoms with Crippen LogP contribution < -0.4 is 11.1 Å². The fraction of sp³-hybridized carbons (Fsp3) is 0.250. The third kappa shape index (κ3) is 1.26. The molecular weight excluding hydrogens is 160 g/mol. The number of nitrogens with two attached hydrogens (primary N) is 1. The average Bonchev–Trinajstić information content (AvgIpc) is 2.36. The van der Waals surface area contributed by atoms with E-state index in [1.165, 1.54) is 11.3 Å². The Labute approximate surface area is 72.2 Å². The average molecular weight is 171 g/mol. The van der Waals surface area contributed by atoms with Gasteiger partial charge in [0.05, 0.1) is 0 Å². The summed E-state index contributed by atoms with van der Waals surface area (Å²) in [6, 6.07) is 6.00. The molecule has 2 rings (SSSR count). The smallest absolute Gasteiger partial charge is 0.0394 e. The Hall–Kier alpha value is -0.890. The number of halogens is 1. The number of benzene rings is 1. The Kier molecular flexibility index (Phi) is 2.25. The van der Waals surface area contributed by atoms with Crippen LogP contribution in [0.4, 0.5) is 11.4 Å². The summed E-state index contributed by atoms with van der Waals surface area (Å²) in [6.07, 6.45) is 1.07. The van der Waals surface area contributed by atoms with Crippen LogP contribution in [0.15, 0.2) is 18.2 Å². The Bertz CT molecular complexity index is 260. The topological polar surface area (TPSA) is 38.0 Å². The molecule has 1 aliphatic heterocycles. The molecule has 0 spiro atoms. The van der Waals surface area contributed by atoms with E-state index in [9.17, 15) is 0 Å². The van der Waals surface area contributed by atoms with E-state index in [2.05, 4.69) is 11.4 Å². The number of rotatable bonds is 0. The van der Waals surface area contributed by atoms with E-state index < -0.39 is 0 Å². The highest BCUT2D eigenvalue weighted by molar-refractivity contribution is 5.85. The fourth-order valence-corrected chi connectivity index (χ4v) is 1.37. The summed E-state index contributed by atoms with van der Waals surface area (Å²) in [5.41, 5.74) is 9.14. The van der Waals surface area contributed by atoms with Gasteiger partial charge in [-0.25, -0.2) is 0 Å². The van der Waals surface area contributed by atoms with E-state index >= 15 is 0 Å². The molecule has 0 unspecified atom stereocenters. The lowest BCUT2D eigenvalue weighted by atomic mass is 10.1. The number of fused-ring (bicyclic) bond motifs is 1. The molecule has 0 atom stereocenters. The molecule has 0 saturated carbocycles. The number of hydrogen-bond acceptors (Lipinski definition) is 2. The first-order valence-electron chi connectivity index (χ1n) is 3.49. The van der Waals surface area contributed by atoms with Gasteiger partial charge in [0.2, 0.25) is 0 Å². The zero-order valence-electron chi connectivity index (χ0n) is 6.13. The maximum absolute atomic E-state index is 5.73. The van der Waals surface area contributed by atoms with Gasteiger partial charge in [-0.15, -0.1) is 12.4 Å². The summed E-state index contributed by atoms with van der Waals surface area (Å²) in [4.78, 5) is 0. The molecule has 3 N–H and O–H groups in total. The molecule has 1 aromatic rings. The summed E-state index contributed by atoms with van der Waals surface area (Å²) >= 11 is 0. The predicted octanol–water partition coefficient (Wildman–Crippen LogP) is 1.66. The van der Waals surface area contributed by atoms with Crippen molar-refractivity contribution in [1.29, 1.82) is 0 Å². The molecule has 11 heavy (non-hydrogen) atoms. The monoisotopic (exact) mass is 170 g/mol. The minimum absolute atomic E-state index is 0. The molecule has 0 aromatic heterocycles. The summed E-state index contributed by atoms with van der Waals surface area (Å²) in [5, 5.41) is 3.26. The molecule has 2 nitrogen and oxygen atoms in total. The summed E-state index contributed by atoms with van der Waals surface area (Å²) in [6.45, 7) is 1.03. The number of nitrogen functional groups attached to an aromatic ring is 1. The molecule has 3 heteroatoms. The first-order valence-corrected chi connectivity index (χ1v) is 3.49.